The zero-order chi connectivity index (χ0) is 25.0. The predicted octanol–water partition coefficient (Wildman–Crippen LogP) is 4.99. The second-order valence-corrected chi connectivity index (χ2v) is 9.19. The van der Waals surface area contributed by atoms with E-state index in [0.717, 1.165) is 24.3 Å². The van der Waals surface area contributed by atoms with Crippen molar-refractivity contribution in [3.05, 3.63) is 112 Å². The van der Waals surface area contributed by atoms with Gasteiger partial charge in [0.05, 0.1) is 14.7 Å². The van der Waals surface area contributed by atoms with Crippen molar-refractivity contribution in [3.63, 3.8) is 0 Å². The summed E-state index contributed by atoms with van der Waals surface area (Å²) in [6.07, 6.45) is 0. The van der Waals surface area contributed by atoms with E-state index >= 15 is 0 Å². The highest BCUT2D eigenvalue weighted by molar-refractivity contribution is 7.91. The number of carbonyl (C=O) groups is 1. The molecule has 1 N–H and O–H groups in total. The number of rotatable bonds is 8. The largest absolute Gasteiger partial charge is 0.486 e. The molecule has 0 fully saturated rings. The fourth-order valence-electron chi connectivity index (χ4n) is 3.06. The summed E-state index contributed by atoms with van der Waals surface area (Å²) in [5, 5.41) is 13.4. The van der Waals surface area contributed by atoms with Gasteiger partial charge in [-0.2, -0.15) is 0 Å². The average molecular weight is 496 g/mol. The number of ether oxygens (including phenoxy) is 1. The van der Waals surface area contributed by atoms with Crippen molar-refractivity contribution in [2.24, 2.45) is 0 Å². The van der Waals surface area contributed by atoms with Crippen LogP contribution in [-0.2, 0) is 16.4 Å². The molecule has 0 aliphatic carbocycles. The molecule has 11 heteroatoms. The molecule has 0 saturated carbocycles. The number of non-ortho nitro benzene ring substituents is 1. The molecule has 1 heterocycles. The lowest BCUT2D eigenvalue weighted by Gasteiger charge is -2.07. The molecule has 0 aliphatic heterocycles. The van der Waals surface area contributed by atoms with Gasteiger partial charge in [0.15, 0.2) is 5.76 Å². The summed E-state index contributed by atoms with van der Waals surface area (Å²) < 4.78 is 49.4. The highest BCUT2D eigenvalue weighted by Gasteiger charge is 2.19. The summed E-state index contributed by atoms with van der Waals surface area (Å²) in [4.78, 5) is 22.5. The van der Waals surface area contributed by atoms with Gasteiger partial charge in [0, 0.05) is 17.8 Å². The summed E-state index contributed by atoms with van der Waals surface area (Å²) in [6, 6.07) is 18.5. The Bertz CT molecular complexity index is 1460. The molecule has 9 nitrogen and oxygen atoms in total. The minimum absolute atomic E-state index is 0.0188. The van der Waals surface area contributed by atoms with Crippen LogP contribution in [0.25, 0.3) is 0 Å². The van der Waals surface area contributed by atoms with Crippen LogP contribution in [0.4, 0.5) is 15.8 Å². The Hall–Kier alpha value is -4.51. The standard InChI is InChI=1S/C24H17FN2O7S/c25-16-1-7-19(8-2-16)33-15-20-9-14-23(34-20)24(28)26-17-3-10-21(11-4-17)35(31,32)22-12-5-18(6-13-22)27(29)30/h1-14H,15H2,(H,26,28). The van der Waals surface area contributed by atoms with E-state index in [0.29, 0.717) is 17.2 Å². The van der Waals surface area contributed by atoms with E-state index in [1.165, 1.54) is 54.6 Å². The number of amides is 1. The zero-order valence-corrected chi connectivity index (χ0v) is 18.7. The molecule has 0 unspecified atom stereocenters. The number of benzene rings is 3. The van der Waals surface area contributed by atoms with Crippen LogP contribution in [0, 0.1) is 15.9 Å². The summed E-state index contributed by atoms with van der Waals surface area (Å²) in [6.45, 7) is 0.0358. The molecule has 178 valence electrons. The average Bonchev–Trinajstić information content (AvgIpc) is 3.33. The maximum Gasteiger partial charge on any atom is 0.291 e. The van der Waals surface area contributed by atoms with Gasteiger partial charge < -0.3 is 14.5 Å². The summed E-state index contributed by atoms with van der Waals surface area (Å²) in [7, 11) is -3.90. The van der Waals surface area contributed by atoms with Gasteiger partial charge in [-0.15, -0.1) is 0 Å². The lowest BCUT2D eigenvalue weighted by Crippen LogP contribution is -2.11. The molecule has 4 aromatic rings. The van der Waals surface area contributed by atoms with Crippen LogP contribution in [0.5, 0.6) is 5.75 Å². The van der Waals surface area contributed by atoms with E-state index in [2.05, 4.69) is 5.32 Å². The molecule has 0 atom stereocenters. The van der Waals surface area contributed by atoms with Gasteiger partial charge in [-0.25, -0.2) is 12.8 Å². The third-order valence-electron chi connectivity index (χ3n) is 4.86. The second-order valence-electron chi connectivity index (χ2n) is 7.24. The van der Waals surface area contributed by atoms with Crippen molar-refractivity contribution in [2.75, 3.05) is 5.32 Å². The zero-order valence-electron chi connectivity index (χ0n) is 17.9. The van der Waals surface area contributed by atoms with E-state index in [1.807, 2.05) is 0 Å². The lowest BCUT2D eigenvalue weighted by molar-refractivity contribution is -0.384. The summed E-state index contributed by atoms with van der Waals surface area (Å²) >= 11 is 0. The van der Waals surface area contributed by atoms with E-state index in [1.54, 1.807) is 6.07 Å². The first-order valence-corrected chi connectivity index (χ1v) is 11.6. The molecule has 0 spiro atoms. The van der Waals surface area contributed by atoms with Crippen LogP contribution < -0.4 is 10.1 Å². The Labute approximate surface area is 198 Å². The lowest BCUT2D eigenvalue weighted by atomic mass is 10.3. The molecular formula is C24H17FN2O7S. The maximum absolute atomic E-state index is 12.9. The van der Waals surface area contributed by atoms with Gasteiger partial charge >= 0.3 is 0 Å². The molecule has 3 aromatic carbocycles. The monoisotopic (exact) mass is 496 g/mol. The van der Waals surface area contributed by atoms with Crippen molar-refractivity contribution in [2.45, 2.75) is 16.4 Å². The molecule has 35 heavy (non-hydrogen) atoms. The van der Waals surface area contributed by atoms with Crippen LogP contribution in [0.2, 0.25) is 0 Å². The van der Waals surface area contributed by atoms with Crippen molar-refractivity contribution < 1.29 is 31.7 Å². The van der Waals surface area contributed by atoms with Crippen LogP contribution in [0.15, 0.2) is 99.1 Å². The number of nitrogens with zero attached hydrogens (tertiary/aromatic N) is 1. The van der Waals surface area contributed by atoms with Gasteiger partial charge in [0.2, 0.25) is 9.84 Å². The number of hydrogen-bond donors (Lipinski definition) is 1. The number of halogens is 1. The molecule has 0 aliphatic rings. The van der Waals surface area contributed by atoms with Crippen LogP contribution in [0.1, 0.15) is 16.3 Å². The van der Waals surface area contributed by atoms with Crippen LogP contribution in [-0.4, -0.2) is 19.2 Å². The molecule has 4 rings (SSSR count). The number of nitro benzene ring substituents is 1. The minimum Gasteiger partial charge on any atom is -0.486 e. The highest BCUT2D eigenvalue weighted by atomic mass is 32.2. The molecule has 0 saturated heterocycles. The highest BCUT2D eigenvalue weighted by Crippen LogP contribution is 2.24. The summed E-state index contributed by atoms with van der Waals surface area (Å²) in [5.74, 6) is -0.0952. The Kier molecular flexibility index (Phi) is 6.60. The Morgan fingerprint density at radius 2 is 1.51 bits per heavy atom. The minimum atomic E-state index is -3.90. The molecule has 0 bridgehead atoms. The third-order valence-corrected chi connectivity index (χ3v) is 6.65. The van der Waals surface area contributed by atoms with E-state index in [9.17, 15) is 27.7 Å². The maximum atomic E-state index is 12.9. The fourth-order valence-corrected chi connectivity index (χ4v) is 4.32. The predicted molar refractivity (Wildman–Crippen MR) is 122 cm³/mol. The summed E-state index contributed by atoms with van der Waals surface area (Å²) in [5.41, 5.74) is 0.114. The van der Waals surface area contributed by atoms with Crippen molar-refractivity contribution in [3.8, 4) is 5.75 Å². The van der Waals surface area contributed by atoms with Gasteiger partial charge in [-0.1, -0.05) is 0 Å². The number of nitro groups is 1. The number of nitrogens with one attached hydrogen (secondary N) is 1. The number of furan rings is 1. The van der Waals surface area contributed by atoms with Crippen molar-refractivity contribution >= 4 is 27.1 Å². The molecule has 1 aromatic heterocycles. The number of sulfone groups is 1. The number of anilines is 1. The first-order chi connectivity index (χ1) is 16.7. The quantitative estimate of drug-likeness (QED) is 0.269. The SMILES string of the molecule is O=C(Nc1ccc(S(=O)(=O)c2ccc([N+](=O)[O-])cc2)cc1)c1ccc(COc2ccc(F)cc2)o1. The van der Waals surface area contributed by atoms with Gasteiger partial charge in [-0.05, 0) is 72.8 Å². The smallest absolute Gasteiger partial charge is 0.291 e. The normalized spacial score (nSPS) is 11.1. The van der Waals surface area contributed by atoms with Crippen LogP contribution >= 0.6 is 0 Å². The number of hydrogen-bond acceptors (Lipinski definition) is 7. The van der Waals surface area contributed by atoms with Crippen LogP contribution in [0.3, 0.4) is 0 Å². The third kappa shape index (κ3) is 5.53. The van der Waals surface area contributed by atoms with Gasteiger partial charge in [-0.3, -0.25) is 14.9 Å². The fraction of sp³-hybridized carbons (Fsp3) is 0.0417. The van der Waals surface area contributed by atoms with E-state index < -0.39 is 20.7 Å². The first kappa shape index (κ1) is 23.6. The van der Waals surface area contributed by atoms with E-state index in [-0.39, 0.29) is 33.7 Å². The second kappa shape index (κ2) is 9.77. The molecular weight excluding hydrogens is 479 g/mol. The Balaban J connectivity index is 1.39. The van der Waals surface area contributed by atoms with Gasteiger partial charge in [0.1, 0.15) is 23.9 Å². The van der Waals surface area contributed by atoms with Gasteiger partial charge in [0.25, 0.3) is 11.6 Å². The molecule has 0 radical (unpaired) electrons. The Morgan fingerprint density at radius 3 is 2.11 bits per heavy atom. The number of carbonyl (C=O) groups excluding carboxylic acids is 1. The molecule has 1 amide bonds. The Morgan fingerprint density at radius 1 is 0.914 bits per heavy atom. The topological polar surface area (TPSA) is 129 Å². The first-order valence-electron chi connectivity index (χ1n) is 10.1. The van der Waals surface area contributed by atoms with Crippen molar-refractivity contribution in [1.29, 1.82) is 0 Å². The van der Waals surface area contributed by atoms with Crippen molar-refractivity contribution in [1.82, 2.24) is 0 Å². The van der Waals surface area contributed by atoms with E-state index in [4.69, 9.17) is 9.15 Å².